The maximum atomic E-state index is 6.00. The van der Waals surface area contributed by atoms with E-state index in [2.05, 4.69) is 26.8 Å². The summed E-state index contributed by atoms with van der Waals surface area (Å²) in [6, 6.07) is 7.92. The van der Waals surface area contributed by atoms with Crippen molar-refractivity contribution in [2.75, 3.05) is 38.2 Å². The molecule has 6 heteroatoms. The first kappa shape index (κ1) is 15.8. The lowest BCUT2D eigenvalue weighted by Crippen LogP contribution is -2.40. The second kappa shape index (κ2) is 6.67. The number of hydrogen-bond acceptors (Lipinski definition) is 5. The first-order valence-corrected chi connectivity index (χ1v) is 8.72. The summed E-state index contributed by atoms with van der Waals surface area (Å²) in [5.41, 5.74) is 3.61. The van der Waals surface area contributed by atoms with Crippen LogP contribution in [-0.4, -0.2) is 48.2 Å². The standard InChI is InChI=1S/C18H21ClN4O/c1-22-7-6-16-15(10-22)18(21-12-20-16)23-8-9-24-17(11-23)13-2-4-14(19)5-3-13/h2-5,12,17H,6-11H2,1H3. The minimum absolute atomic E-state index is 0.0444. The predicted octanol–water partition coefficient (Wildman–Crippen LogP) is 2.70. The molecule has 0 radical (unpaired) electrons. The Hall–Kier alpha value is -1.69. The Balaban J connectivity index is 1.60. The van der Waals surface area contributed by atoms with Crippen LogP contribution in [0.5, 0.6) is 0 Å². The van der Waals surface area contributed by atoms with Crippen LogP contribution >= 0.6 is 11.6 Å². The van der Waals surface area contributed by atoms with Gasteiger partial charge in [0.2, 0.25) is 0 Å². The van der Waals surface area contributed by atoms with E-state index in [1.54, 1.807) is 6.33 Å². The van der Waals surface area contributed by atoms with Gasteiger partial charge in [-0.15, -0.1) is 0 Å². The Morgan fingerprint density at radius 2 is 2.00 bits per heavy atom. The Morgan fingerprint density at radius 3 is 2.83 bits per heavy atom. The van der Waals surface area contributed by atoms with E-state index in [0.29, 0.717) is 6.61 Å². The molecule has 126 valence electrons. The van der Waals surface area contributed by atoms with Gasteiger partial charge in [-0.3, -0.25) is 0 Å². The van der Waals surface area contributed by atoms with Gasteiger partial charge >= 0.3 is 0 Å². The number of fused-ring (bicyclic) bond motifs is 1. The highest BCUT2D eigenvalue weighted by Crippen LogP contribution is 2.30. The van der Waals surface area contributed by atoms with E-state index in [1.807, 2.05) is 24.3 Å². The molecule has 24 heavy (non-hydrogen) atoms. The third-order valence-electron chi connectivity index (χ3n) is 4.78. The lowest BCUT2D eigenvalue weighted by Gasteiger charge is -2.36. The van der Waals surface area contributed by atoms with Gasteiger partial charge in [0.1, 0.15) is 18.2 Å². The summed E-state index contributed by atoms with van der Waals surface area (Å²) in [5.74, 6) is 1.06. The molecule has 1 atom stereocenters. The van der Waals surface area contributed by atoms with Crippen molar-refractivity contribution in [2.45, 2.75) is 19.1 Å². The van der Waals surface area contributed by atoms with Crippen LogP contribution in [0.4, 0.5) is 5.82 Å². The first-order valence-electron chi connectivity index (χ1n) is 8.34. The highest BCUT2D eigenvalue weighted by atomic mass is 35.5. The Labute approximate surface area is 147 Å². The summed E-state index contributed by atoms with van der Waals surface area (Å²) in [4.78, 5) is 13.8. The number of hydrogen-bond donors (Lipinski definition) is 0. The molecule has 5 nitrogen and oxygen atoms in total. The maximum absolute atomic E-state index is 6.00. The molecule has 1 aromatic heterocycles. The van der Waals surface area contributed by atoms with Crippen LogP contribution < -0.4 is 4.90 Å². The van der Waals surface area contributed by atoms with Crippen molar-refractivity contribution in [3.63, 3.8) is 0 Å². The number of nitrogens with zero attached hydrogens (tertiary/aromatic N) is 4. The smallest absolute Gasteiger partial charge is 0.136 e. The van der Waals surface area contributed by atoms with E-state index < -0.39 is 0 Å². The van der Waals surface area contributed by atoms with Gasteiger partial charge in [-0.05, 0) is 24.7 Å². The lowest BCUT2D eigenvalue weighted by atomic mass is 10.0. The molecule has 4 rings (SSSR count). The third-order valence-corrected chi connectivity index (χ3v) is 5.03. The zero-order valence-corrected chi connectivity index (χ0v) is 14.5. The van der Waals surface area contributed by atoms with Crippen molar-refractivity contribution < 1.29 is 4.74 Å². The predicted molar refractivity (Wildman–Crippen MR) is 94.4 cm³/mol. The van der Waals surface area contributed by atoms with Crippen molar-refractivity contribution in [3.8, 4) is 0 Å². The van der Waals surface area contributed by atoms with Gasteiger partial charge in [0.05, 0.1) is 12.3 Å². The molecular formula is C18H21ClN4O. The van der Waals surface area contributed by atoms with Crippen molar-refractivity contribution in [1.29, 1.82) is 0 Å². The lowest BCUT2D eigenvalue weighted by molar-refractivity contribution is 0.0394. The van der Waals surface area contributed by atoms with Crippen molar-refractivity contribution >= 4 is 17.4 Å². The second-order valence-corrected chi connectivity index (χ2v) is 6.90. The molecule has 0 amide bonds. The average molecular weight is 345 g/mol. The molecular weight excluding hydrogens is 324 g/mol. The zero-order valence-electron chi connectivity index (χ0n) is 13.8. The van der Waals surface area contributed by atoms with Crippen molar-refractivity contribution in [1.82, 2.24) is 14.9 Å². The van der Waals surface area contributed by atoms with Gasteiger partial charge in [-0.2, -0.15) is 0 Å². The summed E-state index contributed by atoms with van der Waals surface area (Å²) in [7, 11) is 2.15. The molecule has 1 unspecified atom stereocenters. The molecule has 2 aliphatic rings. The summed E-state index contributed by atoms with van der Waals surface area (Å²) in [5, 5.41) is 0.749. The van der Waals surface area contributed by atoms with Gasteiger partial charge < -0.3 is 14.5 Å². The quantitative estimate of drug-likeness (QED) is 0.838. The molecule has 0 saturated carbocycles. The minimum Gasteiger partial charge on any atom is -0.370 e. The van der Waals surface area contributed by atoms with Gasteiger partial charge in [0.15, 0.2) is 0 Å². The fraction of sp³-hybridized carbons (Fsp3) is 0.444. The van der Waals surface area contributed by atoms with Gasteiger partial charge in [-0.25, -0.2) is 9.97 Å². The molecule has 2 aliphatic heterocycles. The monoisotopic (exact) mass is 344 g/mol. The van der Waals surface area contributed by atoms with Gasteiger partial charge in [0, 0.05) is 43.2 Å². The number of likely N-dealkylation sites (N-methyl/N-ethyl adjacent to an activating group) is 1. The Morgan fingerprint density at radius 1 is 1.17 bits per heavy atom. The van der Waals surface area contributed by atoms with Gasteiger partial charge in [-0.1, -0.05) is 23.7 Å². The average Bonchev–Trinajstić information content (AvgIpc) is 2.62. The molecule has 2 aromatic rings. The van der Waals surface area contributed by atoms with Crippen LogP contribution in [0.25, 0.3) is 0 Å². The molecule has 0 aliphatic carbocycles. The van der Waals surface area contributed by atoms with Crippen molar-refractivity contribution in [3.05, 3.63) is 52.4 Å². The number of aromatic nitrogens is 2. The van der Waals surface area contributed by atoms with Crippen LogP contribution in [0.1, 0.15) is 22.9 Å². The molecule has 3 heterocycles. The van der Waals surface area contributed by atoms with Gasteiger partial charge in [0.25, 0.3) is 0 Å². The van der Waals surface area contributed by atoms with E-state index >= 15 is 0 Å². The highest BCUT2D eigenvalue weighted by molar-refractivity contribution is 6.30. The number of rotatable bonds is 2. The number of anilines is 1. The Kier molecular flexibility index (Phi) is 4.39. The fourth-order valence-corrected chi connectivity index (χ4v) is 3.58. The van der Waals surface area contributed by atoms with Crippen LogP contribution in [0.2, 0.25) is 5.02 Å². The number of halogens is 1. The number of benzene rings is 1. The molecule has 0 bridgehead atoms. The van der Waals surface area contributed by atoms with E-state index in [1.165, 1.54) is 11.3 Å². The van der Waals surface area contributed by atoms with Crippen LogP contribution in [0.15, 0.2) is 30.6 Å². The molecule has 1 fully saturated rings. The highest BCUT2D eigenvalue weighted by Gasteiger charge is 2.27. The number of ether oxygens (including phenoxy) is 1. The summed E-state index contributed by atoms with van der Waals surface area (Å²) >= 11 is 6.00. The van der Waals surface area contributed by atoms with E-state index in [4.69, 9.17) is 16.3 Å². The zero-order chi connectivity index (χ0) is 16.5. The van der Waals surface area contributed by atoms with Crippen LogP contribution in [-0.2, 0) is 17.7 Å². The van der Waals surface area contributed by atoms with Crippen LogP contribution in [0.3, 0.4) is 0 Å². The number of morpholine rings is 1. The fourth-order valence-electron chi connectivity index (χ4n) is 3.45. The molecule has 1 saturated heterocycles. The first-order chi connectivity index (χ1) is 11.7. The summed E-state index contributed by atoms with van der Waals surface area (Å²) in [6.07, 6.45) is 2.74. The normalized spacial score (nSPS) is 21.6. The summed E-state index contributed by atoms with van der Waals surface area (Å²) in [6.45, 7) is 4.32. The van der Waals surface area contributed by atoms with E-state index in [0.717, 1.165) is 49.0 Å². The minimum atomic E-state index is 0.0444. The second-order valence-electron chi connectivity index (χ2n) is 6.47. The largest absolute Gasteiger partial charge is 0.370 e. The van der Waals surface area contributed by atoms with Crippen molar-refractivity contribution in [2.24, 2.45) is 0 Å². The SMILES string of the molecule is CN1CCc2ncnc(N3CCOC(c4ccc(Cl)cc4)C3)c2C1. The molecule has 0 N–H and O–H groups in total. The molecule has 0 spiro atoms. The summed E-state index contributed by atoms with van der Waals surface area (Å²) < 4.78 is 5.98. The Bertz CT molecular complexity index is 721. The van der Waals surface area contributed by atoms with Crippen LogP contribution in [0, 0.1) is 0 Å². The van der Waals surface area contributed by atoms with E-state index in [-0.39, 0.29) is 6.10 Å². The maximum Gasteiger partial charge on any atom is 0.136 e. The van der Waals surface area contributed by atoms with E-state index in [9.17, 15) is 0 Å². The molecule has 1 aromatic carbocycles. The topological polar surface area (TPSA) is 41.5 Å². The third kappa shape index (κ3) is 3.11.